The molecule has 0 aliphatic rings. The average Bonchev–Trinajstić information content (AvgIpc) is 2.87. The lowest BCUT2D eigenvalue weighted by molar-refractivity contribution is 0.0466. The van der Waals surface area contributed by atoms with Crippen molar-refractivity contribution in [3.05, 3.63) is 72.6 Å². The van der Waals surface area contributed by atoms with Crippen LogP contribution in [0.15, 0.2) is 71.9 Å². The van der Waals surface area contributed by atoms with Crippen molar-refractivity contribution in [3.8, 4) is 0 Å². The minimum Gasteiger partial charge on any atom is -0.461 e. The summed E-state index contributed by atoms with van der Waals surface area (Å²) in [6.07, 6.45) is 2.89. The van der Waals surface area contributed by atoms with Gasteiger partial charge in [-0.3, -0.25) is 0 Å². The number of nitrogens with zero attached hydrogens (tertiary/aromatic N) is 3. The van der Waals surface area contributed by atoms with Crippen LogP contribution in [-0.4, -0.2) is 60.6 Å². The van der Waals surface area contributed by atoms with Crippen molar-refractivity contribution in [3.63, 3.8) is 0 Å². The maximum atomic E-state index is 12.5. The predicted octanol–water partition coefficient (Wildman–Crippen LogP) is 3.58. The molecular weight excluding hydrogens is 500 g/mol. The summed E-state index contributed by atoms with van der Waals surface area (Å²) in [5, 5.41) is 6.31. The van der Waals surface area contributed by atoms with Crippen molar-refractivity contribution in [2.75, 3.05) is 41.6 Å². The largest absolute Gasteiger partial charge is 0.461 e. The van der Waals surface area contributed by atoms with E-state index in [4.69, 9.17) is 17.0 Å². The van der Waals surface area contributed by atoms with Crippen LogP contribution in [0.25, 0.3) is 0 Å². The summed E-state index contributed by atoms with van der Waals surface area (Å²) in [4.78, 5) is 22.2. The third kappa shape index (κ3) is 7.97. The fraction of sp³-hybridized carbons (Fsp3) is 0.250. The van der Waals surface area contributed by atoms with E-state index in [1.807, 2.05) is 0 Å². The van der Waals surface area contributed by atoms with Gasteiger partial charge in [-0.15, -0.1) is 0 Å². The molecule has 0 amide bonds. The van der Waals surface area contributed by atoms with E-state index in [0.29, 0.717) is 35.2 Å². The van der Waals surface area contributed by atoms with E-state index in [1.54, 1.807) is 42.5 Å². The Labute approximate surface area is 216 Å². The average molecular weight is 529 g/mol. The number of carbonyl (C=O) groups is 1. The summed E-state index contributed by atoms with van der Waals surface area (Å²) in [5.74, 6) is -0.387. The zero-order valence-electron chi connectivity index (χ0n) is 20.0. The summed E-state index contributed by atoms with van der Waals surface area (Å²) in [5.41, 5.74) is 1.72. The van der Waals surface area contributed by atoms with Gasteiger partial charge in [0.2, 0.25) is 5.95 Å². The van der Waals surface area contributed by atoms with Crippen LogP contribution in [0.4, 0.5) is 17.3 Å². The van der Waals surface area contributed by atoms with Gasteiger partial charge < -0.3 is 20.3 Å². The zero-order valence-corrected chi connectivity index (χ0v) is 21.6. The number of ether oxygens (including phenoxy) is 1. The van der Waals surface area contributed by atoms with E-state index in [-0.39, 0.29) is 16.8 Å². The van der Waals surface area contributed by atoms with Crippen molar-refractivity contribution in [2.24, 2.45) is 0 Å². The fourth-order valence-corrected chi connectivity index (χ4v) is 4.32. The third-order valence-electron chi connectivity index (χ3n) is 5.13. The Balaban J connectivity index is 1.50. The standard InChI is InChI=1S/C24H28N6O4S2/c1-3-30(4-2)16-17-34-22(31)18-6-8-19(9-7-18)27-24(35)28-20-10-12-21(13-11-20)36(32,33)29-23-25-14-5-15-26-23/h5-15H,3-4,16-17H2,1-2H3,(H,25,26,29)(H2,27,28,35). The summed E-state index contributed by atoms with van der Waals surface area (Å²) >= 11 is 5.33. The summed E-state index contributed by atoms with van der Waals surface area (Å²) in [6, 6.07) is 14.4. The molecule has 12 heteroatoms. The molecule has 0 radical (unpaired) electrons. The number of hydrogen-bond donors (Lipinski definition) is 3. The Kier molecular flexibility index (Phi) is 9.68. The molecular formula is C24H28N6O4S2. The molecule has 0 fully saturated rings. The van der Waals surface area contributed by atoms with Gasteiger partial charge in [-0.1, -0.05) is 13.8 Å². The minimum atomic E-state index is -3.82. The van der Waals surface area contributed by atoms with Crippen LogP contribution in [0.3, 0.4) is 0 Å². The molecule has 0 unspecified atom stereocenters. The molecule has 3 aromatic rings. The minimum absolute atomic E-state index is 0.0102. The van der Waals surface area contributed by atoms with Gasteiger partial charge in [0, 0.05) is 30.3 Å². The Morgan fingerprint density at radius 3 is 2.06 bits per heavy atom. The van der Waals surface area contributed by atoms with Crippen molar-refractivity contribution < 1.29 is 17.9 Å². The number of benzene rings is 2. The second-order valence-electron chi connectivity index (χ2n) is 7.52. The molecule has 36 heavy (non-hydrogen) atoms. The second kappa shape index (κ2) is 12.9. The Morgan fingerprint density at radius 2 is 1.50 bits per heavy atom. The molecule has 3 N–H and O–H groups in total. The predicted molar refractivity (Wildman–Crippen MR) is 144 cm³/mol. The quantitative estimate of drug-likeness (QED) is 0.251. The number of sulfonamides is 1. The monoisotopic (exact) mass is 528 g/mol. The molecule has 0 saturated carbocycles. The molecule has 0 atom stereocenters. The molecule has 1 heterocycles. The molecule has 0 bridgehead atoms. The molecule has 190 valence electrons. The number of esters is 1. The van der Waals surface area contributed by atoms with E-state index in [0.717, 1.165) is 13.1 Å². The number of rotatable bonds is 11. The summed E-state index contributed by atoms with van der Waals surface area (Å²) in [6.45, 7) is 6.99. The lowest BCUT2D eigenvalue weighted by atomic mass is 10.2. The van der Waals surface area contributed by atoms with Gasteiger partial charge in [0.25, 0.3) is 10.0 Å². The molecule has 1 aromatic heterocycles. The molecule has 0 aliphatic heterocycles. The number of anilines is 3. The summed E-state index contributed by atoms with van der Waals surface area (Å²) < 4.78 is 32.6. The highest BCUT2D eigenvalue weighted by atomic mass is 32.2. The highest BCUT2D eigenvalue weighted by molar-refractivity contribution is 7.92. The Bertz CT molecular complexity index is 1250. The fourth-order valence-electron chi connectivity index (χ4n) is 3.12. The van der Waals surface area contributed by atoms with Gasteiger partial charge in [-0.25, -0.2) is 27.9 Å². The topological polar surface area (TPSA) is 126 Å². The van der Waals surface area contributed by atoms with E-state index < -0.39 is 10.0 Å². The van der Waals surface area contributed by atoms with E-state index in [2.05, 4.69) is 44.1 Å². The normalized spacial score (nSPS) is 11.1. The zero-order chi connectivity index (χ0) is 26.0. The Morgan fingerprint density at radius 1 is 0.944 bits per heavy atom. The first-order chi connectivity index (χ1) is 17.3. The molecule has 3 rings (SSSR count). The van der Waals surface area contributed by atoms with Crippen molar-refractivity contribution in [2.45, 2.75) is 18.7 Å². The maximum absolute atomic E-state index is 12.5. The van der Waals surface area contributed by atoms with Gasteiger partial charge in [-0.2, -0.15) is 0 Å². The highest BCUT2D eigenvalue weighted by Crippen LogP contribution is 2.17. The van der Waals surface area contributed by atoms with Gasteiger partial charge >= 0.3 is 5.97 Å². The number of likely N-dealkylation sites (N-methyl/N-ethyl adjacent to an activating group) is 1. The van der Waals surface area contributed by atoms with Gasteiger partial charge in [0.1, 0.15) is 6.61 Å². The van der Waals surface area contributed by atoms with E-state index >= 15 is 0 Å². The van der Waals surface area contributed by atoms with Crippen LogP contribution < -0.4 is 15.4 Å². The first-order valence-electron chi connectivity index (χ1n) is 11.3. The lowest BCUT2D eigenvalue weighted by Crippen LogP contribution is -2.27. The van der Waals surface area contributed by atoms with Crippen LogP contribution in [0.1, 0.15) is 24.2 Å². The lowest BCUT2D eigenvalue weighted by Gasteiger charge is -2.17. The smallest absolute Gasteiger partial charge is 0.338 e. The van der Waals surface area contributed by atoms with Crippen LogP contribution in [0, 0.1) is 0 Å². The van der Waals surface area contributed by atoms with Gasteiger partial charge in [0.15, 0.2) is 5.11 Å². The number of aromatic nitrogens is 2. The first kappa shape index (κ1) is 27.0. The van der Waals surface area contributed by atoms with Crippen LogP contribution in [-0.2, 0) is 14.8 Å². The molecule has 0 spiro atoms. The first-order valence-corrected chi connectivity index (χ1v) is 13.2. The highest BCUT2D eigenvalue weighted by Gasteiger charge is 2.15. The second-order valence-corrected chi connectivity index (χ2v) is 9.61. The maximum Gasteiger partial charge on any atom is 0.338 e. The van der Waals surface area contributed by atoms with Gasteiger partial charge in [-0.05, 0) is 79.9 Å². The van der Waals surface area contributed by atoms with E-state index in [9.17, 15) is 13.2 Å². The number of carbonyl (C=O) groups excluding carboxylic acids is 1. The molecule has 0 saturated heterocycles. The molecule has 10 nitrogen and oxygen atoms in total. The number of hydrogen-bond acceptors (Lipinski definition) is 8. The molecule has 2 aromatic carbocycles. The molecule has 0 aliphatic carbocycles. The SMILES string of the molecule is CCN(CC)CCOC(=O)c1ccc(NC(=S)Nc2ccc(S(=O)(=O)Nc3ncccn3)cc2)cc1. The van der Waals surface area contributed by atoms with Crippen molar-refractivity contribution in [1.82, 2.24) is 14.9 Å². The summed E-state index contributed by atoms with van der Waals surface area (Å²) in [7, 11) is -3.82. The van der Waals surface area contributed by atoms with E-state index in [1.165, 1.54) is 24.5 Å². The third-order valence-corrected chi connectivity index (χ3v) is 6.68. The van der Waals surface area contributed by atoms with Crippen LogP contribution >= 0.6 is 12.2 Å². The van der Waals surface area contributed by atoms with Crippen LogP contribution in [0.5, 0.6) is 0 Å². The van der Waals surface area contributed by atoms with Crippen LogP contribution in [0.2, 0.25) is 0 Å². The number of nitrogens with one attached hydrogen (secondary N) is 3. The number of thiocarbonyl (C=S) groups is 1. The Hall–Kier alpha value is -3.61. The van der Waals surface area contributed by atoms with Crippen molar-refractivity contribution in [1.29, 1.82) is 0 Å². The van der Waals surface area contributed by atoms with Gasteiger partial charge in [0.05, 0.1) is 10.5 Å². The van der Waals surface area contributed by atoms with Crippen molar-refractivity contribution >= 4 is 50.6 Å².